The van der Waals surface area contributed by atoms with Gasteiger partial charge in [0.15, 0.2) is 4.77 Å². The minimum atomic E-state index is -0.322. The molecule has 0 unspecified atom stereocenters. The second-order valence-corrected chi connectivity index (χ2v) is 5.45. The Morgan fingerprint density at radius 3 is 2.87 bits per heavy atom. The van der Waals surface area contributed by atoms with Crippen molar-refractivity contribution < 1.29 is 4.74 Å². The van der Waals surface area contributed by atoms with E-state index in [0.29, 0.717) is 35.5 Å². The molecule has 0 amide bonds. The van der Waals surface area contributed by atoms with Crippen LogP contribution in [-0.4, -0.2) is 22.7 Å². The Bertz CT molecular complexity index is 912. The summed E-state index contributed by atoms with van der Waals surface area (Å²) in [6.45, 7) is 8.02. The third kappa shape index (κ3) is 3.61. The second kappa shape index (κ2) is 7.41. The first kappa shape index (κ1) is 17.2. The molecule has 0 atom stereocenters. The standard InChI is InChI=1S/C16H16ClN3O2S/c1-3-4-14(10(2)17)20-15(21)12-9-11(22-8-7-18)5-6-13(12)19-16(20)23/h3-6,9H,1-2,7-8,18H2,(H,19,23)/b14-4+. The molecule has 1 aromatic carbocycles. The predicted molar refractivity (Wildman–Crippen MR) is 97.4 cm³/mol. The summed E-state index contributed by atoms with van der Waals surface area (Å²) in [7, 11) is 0. The SMILES string of the molecule is C=C/C=C(\C(=C)Cl)n1c(=S)[nH]c2ccc(OCCN)cc2c1=O. The lowest BCUT2D eigenvalue weighted by molar-refractivity contribution is 0.328. The highest BCUT2D eigenvalue weighted by atomic mass is 35.5. The van der Waals surface area contributed by atoms with E-state index in [1.807, 2.05) is 0 Å². The van der Waals surface area contributed by atoms with Crippen molar-refractivity contribution in [1.82, 2.24) is 9.55 Å². The number of benzene rings is 1. The van der Waals surface area contributed by atoms with Gasteiger partial charge in [0.1, 0.15) is 12.4 Å². The van der Waals surface area contributed by atoms with Crippen molar-refractivity contribution in [3.8, 4) is 5.75 Å². The number of rotatable bonds is 6. The maximum atomic E-state index is 12.8. The molecule has 2 aromatic rings. The summed E-state index contributed by atoms with van der Waals surface area (Å²) >= 11 is 11.2. The van der Waals surface area contributed by atoms with Gasteiger partial charge in [0.2, 0.25) is 0 Å². The van der Waals surface area contributed by atoms with Crippen LogP contribution < -0.4 is 16.0 Å². The van der Waals surface area contributed by atoms with Crippen LogP contribution in [0.4, 0.5) is 0 Å². The fourth-order valence-corrected chi connectivity index (χ4v) is 2.52. The van der Waals surface area contributed by atoms with E-state index in [2.05, 4.69) is 18.1 Å². The van der Waals surface area contributed by atoms with Crippen LogP contribution in [0.5, 0.6) is 5.75 Å². The normalized spacial score (nSPS) is 11.5. The van der Waals surface area contributed by atoms with Crippen LogP contribution in [0.2, 0.25) is 0 Å². The van der Waals surface area contributed by atoms with Crippen molar-refractivity contribution in [2.24, 2.45) is 5.73 Å². The lowest BCUT2D eigenvalue weighted by atomic mass is 10.2. The number of ether oxygens (including phenoxy) is 1. The number of hydrogen-bond acceptors (Lipinski definition) is 4. The molecule has 2 rings (SSSR count). The average Bonchev–Trinajstić information content (AvgIpc) is 2.52. The maximum Gasteiger partial charge on any atom is 0.266 e. The lowest BCUT2D eigenvalue weighted by Gasteiger charge is -2.11. The minimum absolute atomic E-state index is 0.182. The van der Waals surface area contributed by atoms with Crippen molar-refractivity contribution in [3.63, 3.8) is 0 Å². The van der Waals surface area contributed by atoms with Crippen LogP contribution in [-0.2, 0) is 0 Å². The maximum absolute atomic E-state index is 12.8. The van der Waals surface area contributed by atoms with Gasteiger partial charge >= 0.3 is 0 Å². The van der Waals surface area contributed by atoms with Crippen LogP contribution >= 0.6 is 23.8 Å². The topological polar surface area (TPSA) is 73.0 Å². The number of nitrogens with zero attached hydrogens (tertiary/aromatic N) is 1. The molecule has 23 heavy (non-hydrogen) atoms. The van der Waals surface area contributed by atoms with Crippen molar-refractivity contribution in [3.05, 3.63) is 63.7 Å². The Kier molecular flexibility index (Phi) is 5.54. The lowest BCUT2D eigenvalue weighted by Crippen LogP contribution is -2.22. The largest absolute Gasteiger partial charge is 0.492 e. The summed E-state index contributed by atoms with van der Waals surface area (Å²) in [5.74, 6) is 0.552. The summed E-state index contributed by atoms with van der Waals surface area (Å²) in [6, 6.07) is 5.11. The van der Waals surface area contributed by atoms with E-state index >= 15 is 0 Å². The summed E-state index contributed by atoms with van der Waals surface area (Å²) in [5, 5.41) is 0.599. The van der Waals surface area contributed by atoms with Crippen molar-refractivity contribution in [2.45, 2.75) is 0 Å². The van der Waals surface area contributed by atoms with Gasteiger partial charge in [-0.05, 0) is 36.5 Å². The first-order valence-electron chi connectivity index (χ1n) is 6.79. The van der Waals surface area contributed by atoms with Crippen LogP contribution in [0.25, 0.3) is 16.6 Å². The number of aromatic nitrogens is 2. The zero-order valence-electron chi connectivity index (χ0n) is 12.3. The number of aromatic amines is 1. The molecular formula is C16H16ClN3O2S. The molecule has 5 nitrogen and oxygen atoms in total. The predicted octanol–water partition coefficient (Wildman–Crippen LogP) is 3.18. The summed E-state index contributed by atoms with van der Waals surface area (Å²) in [6.07, 6.45) is 3.08. The number of H-pyrrole nitrogens is 1. The molecule has 3 N–H and O–H groups in total. The highest BCUT2D eigenvalue weighted by molar-refractivity contribution is 7.71. The monoisotopic (exact) mass is 349 g/mol. The van der Waals surface area contributed by atoms with E-state index in [1.165, 1.54) is 10.6 Å². The zero-order chi connectivity index (χ0) is 17.0. The molecule has 0 spiro atoms. The van der Waals surface area contributed by atoms with Crippen LogP contribution in [0.1, 0.15) is 0 Å². The molecule has 0 bridgehead atoms. The molecule has 0 aliphatic carbocycles. The smallest absolute Gasteiger partial charge is 0.266 e. The molecule has 0 saturated heterocycles. The molecule has 0 radical (unpaired) electrons. The molecule has 120 valence electrons. The molecule has 0 aliphatic heterocycles. The Morgan fingerprint density at radius 2 is 2.26 bits per heavy atom. The zero-order valence-corrected chi connectivity index (χ0v) is 13.9. The molecule has 1 heterocycles. The van der Waals surface area contributed by atoms with E-state index < -0.39 is 0 Å². The summed E-state index contributed by atoms with van der Waals surface area (Å²) < 4.78 is 6.95. The quantitative estimate of drug-likeness (QED) is 0.620. The Hall–Kier alpha value is -2.15. The van der Waals surface area contributed by atoms with Crippen LogP contribution in [0.15, 0.2) is 53.3 Å². The summed E-state index contributed by atoms with van der Waals surface area (Å²) in [4.78, 5) is 15.8. The van der Waals surface area contributed by atoms with Crippen molar-refractivity contribution in [2.75, 3.05) is 13.2 Å². The van der Waals surface area contributed by atoms with E-state index in [-0.39, 0.29) is 15.4 Å². The fraction of sp³-hybridized carbons (Fsp3) is 0.125. The van der Waals surface area contributed by atoms with Crippen LogP contribution in [0.3, 0.4) is 0 Å². The van der Waals surface area contributed by atoms with Crippen molar-refractivity contribution >= 4 is 40.4 Å². The molecule has 0 fully saturated rings. The fourth-order valence-electron chi connectivity index (χ4n) is 2.08. The molecule has 7 heteroatoms. The number of nitrogens with two attached hydrogens (primary N) is 1. The van der Waals surface area contributed by atoms with E-state index in [4.69, 9.17) is 34.3 Å². The minimum Gasteiger partial charge on any atom is -0.492 e. The number of fused-ring (bicyclic) bond motifs is 1. The Balaban J connectivity index is 2.74. The van der Waals surface area contributed by atoms with Gasteiger partial charge in [0.25, 0.3) is 5.56 Å². The molecule has 0 aliphatic rings. The first-order chi connectivity index (χ1) is 11.0. The molecule has 1 aromatic heterocycles. The number of allylic oxidation sites excluding steroid dienone is 4. The number of hydrogen-bond donors (Lipinski definition) is 2. The highest BCUT2D eigenvalue weighted by Crippen LogP contribution is 2.21. The second-order valence-electron chi connectivity index (χ2n) is 4.61. The third-order valence-electron chi connectivity index (χ3n) is 3.05. The van der Waals surface area contributed by atoms with Crippen LogP contribution in [0, 0.1) is 4.77 Å². The van der Waals surface area contributed by atoms with Gasteiger partial charge in [-0.3, -0.25) is 9.36 Å². The first-order valence-corrected chi connectivity index (χ1v) is 7.58. The highest BCUT2D eigenvalue weighted by Gasteiger charge is 2.12. The van der Waals surface area contributed by atoms with E-state index in [0.717, 1.165) is 0 Å². The summed E-state index contributed by atoms with van der Waals surface area (Å²) in [5.41, 5.74) is 6.06. The molecule has 0 saturated carbocycles. The Morgan fingerprint density at radius 1 is 1.52 bits per heavy atom. The number of nitrogens with one attached hydrogen (secondary N) is 1. The van der Waals surface area contributed by atoms with Gasteiger partial charge in [0.05, 0.1) is 21.6 Å². The number of halogens is 1. The van der Waals surface area contributed by atoms with E-state index in [9.17, 15) is 4.79 Å². The third-order valence-corrected chi connectivity index (χ3v) is 3.53. The van der Waals surface area contributed by atoms with E-state index in [1.54, 1.807) is 24.3 Å². The van der Waals surface area contributed by atoms with Gasteiger partial charge in [-0.1, -0.05) is 30.8 Å². The Labute approximate surface area is 143 Å². The van der Waals surface area contributed by atoms with Gasteiger partial charge in [-0.25, -0.2) is 0 Å². The molecular weight excluding hydrogens is 334 g/mol. The van der Waals surface area contributed by atoms with Gasteiger partial charge in [-0.2, -0.15) is 0 Å². The van der Waals surface area contributed by atoms with Crippen molar-refractivity contribution in [1.29, 1.82) is 0 Å². The average molecular weight is 350 g/mol. The van der Waals surface area contributed by atoms with Gasteiger partial charge in [0, 0.05) is 6.54 Å². The van der Waals surface area contributed by atoms with Gasteiger partial charge < -0.3 is 15.5 Å². The van der Waals surface area contributed by atoms with Gasteiger partial charge in [-0.15, -0.1) is 0 Å².